The minimum Gasteiger partial charge on any atom is -1.00 e. The molecule has 1 atom stereocenters. The molecule has 0 fully saturated rings. The van der Waals surface area contributed by atoms with Gasteiger partial charge >= 0.3 is 39.7 Å². The molecule has 0 aliphatic heterocycles. The van der Waals surface area contributed by atoms with Crippen LogP contribution in [0.5, 0.6) is 0 Å². The molecule has 7 heteroatoms. The van der Waals surface area contributed by atoms with E-state index in [0.29, 0.717) is 0 Å². The van der Waals surface area contributed by atoms with Gasteiger partial charge in [-0.1, -0.05) is 13.5 Å². The minimum absolute atomic E-state index is 0. The monoisotopic (exact) mass is 231 g/mol. The Hall–Kier alpha value is 0.120. The van der Waals surface area contributed by atoms with Crippen molar-refractivity contribution in [3.8, 4) is 0 Å². The number of allylic oxidation sites excluding steroid dienone is 1. The first-order valence-electron chi connectivity index (χ1n) is 3.67. The molecule has 0 aliphatic carbocycles. The molecule has 0 aromatic heterocycles. The number of aldehydes is 1. The molecule has 0 saturated carbocycles. The molecule has 14 heavy (non-hydrogen) atoms. The first-order valence-corrected chi connectivity index (χ1v) is 5.25. The molecule has 0 amide bonds. The van der Waals surface area contributed by atoms with Crippen molar-refractivity contribution in [2.75, 3.05) is 12.3 Å². The van der Waals surface area contributed by atoms with Gasteiger partial charge in [-0.2, -0.15) is 8.42 Å². The van der Waals surface area contributed by atoms with E-state index in [-0.39, 0.29) is 55.5 Å². The molecule has 2 N–H and O–H groups in total. The minimum atomic E-state index is -3.72. The number of hydrogen-bond acceptors (Lipinski definition) is 5. The largest absolute Gasteiger partial charge is 1.00 e. The van der Waals surface area contributed by atoms with Crippen LogP contribution in [-0.2, 0) is 19.1 Å². The molecule has 0 radical (unpaired) electrons. The molecular formula is C7H14NNaO4S. The summed E-state index contributed by atoms with van der Waals surface area (Å²) in [6, 6.07) is 0. The first-order chi connectivity index (χ1) is 5.91. The predicted molar refractivity (Wildman–Crippen MR) is 49.4 cm³/mol. The van der Waals surface area contributed by atoms with Gasteiger partial charge in [0, 0.05) is 0 Å². The van der Waals surface area contributed by atoms with Crippen LogP contribution in [0.1, 0.15) is 8.35 Å². The van der Waals surface area contributed by atoms with Gasteiger partial charge in [-0.15, -0.1) is 0 Å². The molecule has 0 saturated heterocycles. The molecule has 0 aromatic carbocycles. The quantitative estimate of drug-likeness (QED) is 0.171. The van der Waals surface area contributed by atoms with Crippen molar-refractivity contribution in [3.05, 3.63) is 12.3 Å². The summed E-state index contributed by atoms with van der Waals surface area (Å²) in [5.41, 5.74) is 5.23. The van der Waals surface area contributed by atoms with Crippen LogP contribution in [0, 0.1) is 5.92 Å². The maximum atomic E-state index is 11.1. The van der Waals surface area contributed by atoms with Gasteiger partial charge in [0.25, 0.3) is 0 Å². The summed E-state index contributed by atoms with van der Waals surface area (Å²) in [4.78, 5) is 10.0. The summed E-state index contributed by atoms with van der Waals surface area (Å²) in [5.74, 6) is -0.829. The van der Waals surface area contributed by atoms with E-state index >= 15 is 0 Å². The molecule has 0 spiro atoms. The zero-order valence-electron chi connectivity index (χ0n) is 9.39. The third-order valence-electron chi connectivity index (χ3n) is 1.26. The van der Waals surface area contributed by atoms with Crippen molar-refractivity contribution in [1.82, 2.24) is 0 Å². The molecule has 1 unspecified atom stereocenters. The smallest absolute Gasteiger partial charge is 1.00 e. The van der Waals surface area contributed by atoms with Crippen LogP contribution in [-0.4, -0.2) is 27.0 Å². The Balaban J connectivity index is -0.000000720. The zero-order chi connectivity index (χ0) is 10.5. The van der Waals surface area contributed by atoms with Gasteiger partial charge in [0.05, 0.1) is 5.75 Å². The van der Waals surface area contributed by atoms with Gasteiger partial charge in [-0.3, -0.25) is 4.79 Å². The second kappa shape index (κ2) is 7.42. The topological polar surface area (TPSA) is 86.5 Å². The van der Waals surface area contributed by atoms with E-state index in [1.807, 2.05) is 0 Å². The van der Waals surface area contributed by atoms with E-state index in [0.717, 1.165) is 0 Å². The third kappa shape index (κ3) is 7.52. The number of nitrogens with two attached hydrogens (primary N) is 1. The van der Waals surface area contributed by atoms with Crippen molar-refractivity contribution in [3.63, 3.8) is 0 Å². The normalized spacial score (nSPS) is 12.4. The van der Waals surface area contributed by atoms with Crippen LogP contribution in [0.4, 0.5) is 0 Å². The average molecular weight is 231 g/mol. The summed E-state index contributed by atoms with van der Waals surface area (Å²) in [5, 5.41) is 0. The summed E-state index contributed by atoms with van der Waals surface area (Å²) in [7, 11) is -3.72. The molecular weight excluding hydrogens is 217 g/mol. The third-order valence-corrected chi connectivity index (χ3v) is 2.70. The Kier molecular flexibility index (Phi) is 8.77. The van der Waals surface area contributed by atoms with Gasteiger partial charge in [0.1, 0.15) is 0 Å². The van der Waals surface area contributed by atoms with Crippen LogP contribution < -0.4 is 35.3 Å². The SMILES string of the molecule is C=C(C=O)OS(=O)(=O)CC(C)CN.[H-].[Na+]. The van der Waals surface area contributed by atoms with Crippen molar-refractivity contribution in [2.45, 2.75) is 6.92 Å². The number of carbonyl (C=O) groups excluding carboxylic acids is 1. The average Bonchev–Trinajstić information content (AvgIpc) is 2.02. The first kappa shape index (κ1) is 16.5. The van der Waals surface area contributed by atoms with E-state index < -0.39 is 15.9 Å². The predicted octanol–water partition coefficient (Wildman–Crippen LogP) is -3.24. The molecule has 0 aromatic rings. The second-order valence-corrected chi connectivity index (χ2v) is 4.35. The Morgan fingerprint density at radius 3 is 2.57 bits per heavy atom. The van der Waals surface area contributed by atoms with Crippen LogP contribution in [0.25, 0.3) is 0 Å². The standard InChI is InChI=1S/C7H13NO4S.Na.H/c1-6(3-8)5-13(10,11)12-7(2)4-9;;/h4,6H,2-3,5,8H2,1H3;;/q;+1;-1. The van der Waals surface area contributed by atoms with Crippen LogP contribution in [0.3, 0.4) is 0 Å². The Bertz CT molecular complexity index is 293. The summed E-state index contributed by atoms with van der Waals surface area (Å²) < 4.78 is 26.5. The Morgan fingerprint density at radius 1 is 1.71 bits per heavy atom. The molecule has 0 aliphatic rings. The van der Waals surface area contributed by atoms with E-state index in [9.17, 15) is 13.2 Å². The summed E-state index contributed by atoms with van der Waals surface area (Å²) >= 11 is 0. The van der Waals surface area contributed by atoms with Gasteiger partial charge in [0.2, 0.25) is 0 Å². The van der Waals surface area contributed by atoms with Crippen molar-refractivity contribution < 1.29 is 48.4 Å². The van der Waals surface area contributed by atoms with Crippen molar-refractivity contribution >= 4 is 16.4 Å². The fraction of sp³-hybridized carbons (Fsp3) is 0.571. The van der Waals surface area contributed by atoms with Crippen LogP contribution in [0.2, 0.25) is 0 Å². The summed E-state index contributed by atoms with van der Waals surface area (Å²) in [6.07, 6.45) is 0.241. The van der Waals surface area contributed by atoms with Crippen molar-refractivity contribution in [2.24, 2.45) is 11.7 Å². The number of carbonyl (C=O) groups is 1. The van der Waals surface area contributed by atoms with E-state index in [1.165, 1.54) is 0 Å². The second-order valence-electron chi connectivity index (χ2n) is 2.73. The molecule has 0 bridgehead atoms. The van der Waals surface area contributed by atoms with Crippen molar-refractivity contribution in [1.29, 1.82) is 0 Å². The molecule has 0 heterocycles. The van der Waals surface area contributed by atoms with Gasteiger partial charge in [-0.05, 0) is 12.5 Å². The fourth-order valence-electron chi connectivity index (χ4n) is 0.633. The maximum Gasteiger partial charge on any atom is 1.00 e. The Morgan fingerprint density at radius 2 is 2.21 bits per heavy atom. The molecule has 5 nitrogen and oxygen atoms in total. The maximum absolute atomic E-state index is 11.1. The van der Waals surface area contributed by atoms with Crippen LogP contribution >= 0.6 is 0 Å². The molecule has 78 valence electrons. The van der Waals surface area contributed by atoms with E-state index in [1.54, 1.807) is 6.92 Å². The number of rotatable bonds is 6. The Labute approximate surface area is 108 Å². The van der Waals surface area contributed by atoms with E-state index in [4.69, 9.17) is 5.73 Å². The molecule has 0 rings (SSSR count). The zero-order valence-corrected chi connectivity index (χ0v) is 11.2. The number of hydrogen-bond donors (Lipinski definition) is 1. The van der Waals surface area contributed by atoms with Crippen LogP contribution in [0.15, 0.2) is 12.3 Å². The van der Waals surface area contributed by atoms with Gasteiger partial charge in [-0.25, -0.2) is 0 Å². The van der Waals surface area contributed by atoms with Gasteiger partial charge < -0.3 is 11.3 Å². The van der Waals surface area contributed by atoms with Gasteiger partial charge in [0.15, 0.2) is 12.0 Å². The fourth-order valence-corrected chi connectivity index (χ4v) is 1.90. The van der Waals surface area contributed by atoms with E-state index in [2.05, 4.69) is 10.8 Å². The summed E-state index contributed by atoms with van der Waals surface area (Å²) in [6.45, 7) is 5.01.